The molecule has 0 aliphatic rings. The zero-order valence-electron chi connectivity index (χ0n) is 10.4. The zero-order chi connectivity index (χ0) is 11.0. The van der Waals surface area contributed by atoms with Crippen LogP contribution in [0.25, 0.3) is 0 Å². The van der Waals surface area contributed by atoms with Gasteiger partial charge in [-0.15, -0.1) is 0 Å². The first-order valence-corrected chi connectivity index (χ1v) is 5.63. The van der Waals surface area contributed by atoms with Crippen LogP contribution in [0.4, 0.5) is 0 Å². The predicted octanol–water partition coefficient (Wildman–Crippen LogP) is 2.47. The zero-order valence-corrected chi connectivity index (χ0v) is 10.4. The lowest BCUT2D eigenvalue weighted by molar-refractivity contribution is -0.0265. The molecule has 2 nitrogen and oxygen atoms in total. The molecule has 0 fully saturated rings. The van der Waals surface area contributed by atoms with Gasteiger partial charge in [0.15, 0.2) is 0 Å². The summed E-state index contributed by atoms with van der Waals surface area (Å²) >= 11 is 0. The van der Waals surface area contributed by atoms with Crippen molar-refractivity contribution in [3.8, 4) is 0 Å². The fraction of sp³-hybridized carbons (Fsp3) is 1.00. The molecule has 0 spiro atoms. The van der Waals surface area contributed by atoms with E-state index in [1.807, 2.05) is 14.2 Å². The molecule has 0 aromatic heterocycles. The molecule has 0 saturated carbocycles. The third-order valence-electron chi connectivity index (χ3n) is 2.26. The Morgan fingerprint density at radius 3 is 2.50 bits per heavy atom. The van der Waals surface area contributed by atoms with Crippen LogP contribution in [-0.2, 0) is 4.74 Å². The van der Waals surface area contributed by atoms with Crippen molar-refractivity contribution < 1.29 is 4.74 Å². The Bertz CT molecular complexity index is 137. The van der Waals surface area contributed by atoms with E-state index in [4.69, 9.17) is 4.74 Å². The Hall–Kier alpha value is -0.0151. The van der Waals surface area contributed by atoms with Crippen LogP contribution < -0.4 is 5.23 Å². The van der Waals surface area contributed by atoms with Gasteiger partial charge in [-0.2, -0.15) is 0 Å². The van der Waals surface area contributed by atoms with Crippen molar-refractivity contribution in [1.29, 1.82) is 0 Å². The summed E-state index contributed by atoms with van der Waals surface area (Å²) in [7, 11) is 1.98. The van der Waals surface area contributed by atoms with Gasteiger partial charge in [0.25, 0.3) is 0 Å². The second kappa shape index (κ2) is 7.30. The lowest BCUT2D eigenvalue weighted by Gasteiger charge is -2.26. The van der Waals surface area contributed by atoms with E-state index in [1.54, 1.807) is 0 Å². The molecule has 0 aliphatic carbocycles. The van der Waals surface area contributed by atoms with Crippen LogP contribution in [0.5, 0.6) is 0 Å². The van der Waals surface area contributed by atoms with Crippen molar-refractivity contribution in [2.45, 2.75) is 53.0 Å². The van der Waals surface area contributed by atoms with Crippen LogP contribution in [0.3, 0.4) is 0 Å². The highest BCUT2D eigenvalue weighted by Crippen LogP contribution is 2.14. The SMILES string of the molecule is C[B]NCCC(C)(C)OCCC(C)C. The summed E-state index contributed by atoms with van der Waals surface area (Å²) in [5, 5.41) is 3.20. The lowest BCUT2D eigenvalue weighted by atomic mass is 9.98. The summed E-state index contributed by atoms with van der Waals surface area (Å²) in [5.74, 6) is 0.730. The van der Waals surface area contributed by atoms with E-state index in [0.29, 0.717) is 0 Å². The largest absolute Gasteiger partial charge is 0.376 e. The second-order valence-corrected chi connectivity index (χ2v) is 4.78. The Morgan fingerprint density at radius 2 is 2.00 bits per heavy atom. The fourth-order valence-corrected chi connectivity index (χ4v) is 1.16. The van der Waals surface area contributed by atoms with Crippen molar-refractivity contribution >= 4 is 7.41 Å². The topological polar surface area (TPSA) is 21.3 Å². The molecule has 0 aromatic carbocycles. The highest BCUT2D eigenvalue weighted by Gasteiger charge is 2.17. The molecule has 0 aliphatic heterocycles. The van der Waals surface area contributed by atoms with Gasteiger partial charge in [-0.3, -0.25) is 0 Å². The number of nitrogens with one attached hydrogen (secondary N) is 1. The minimum atomic E-state index is 0.00486. The first-order chi connectivity index (χ1) is 6.48. The minimum absolute atomic E-state index is 0.00486. The average Bonchev–Trinajstić information content (AvgIpc) is 2.03. The number of hydrogen-bond donors (Lipinski definition) is 1. The summed E-state index contributed by atoms with van der Waals surface area (Å²) in [6, 6.07) is 0. The maximum atomic E-state index is 5.83. The van der Waals surface area contributed by atoms with E-state index < -0.39 is 0 Å². The Balaban J connectivity index is 3.50. The summed E-state index contributed by atoms with van der Waals surface area (Å²) in [6.07, 6.45) is 2.20. The Morgan fingerprint density at radius 1 is 1.36 bits per heavy atom. The average molecular weight is 198 g/mol. The van der Waals surface area contributed by atoms with Gasteiger partial charge in [0.1, 0.15) is 0 Å². The molecule has 1 N–H and O–H groups in total. The van der Waals surface area contributed by atoms with Crippen LogP contribution >= 0.6 is 0 Å². The van der Waals surface area contributed by atoms with Gasteiger partial charge in [-0.25, -0.2) is 0 Å². The number of ether oxygens (including phenoxy) is 1. The van der Waals surface area contributed by atoms with E-state index in [-0.39, 0.29) is 5.60 Å². The second-order valence-electron chi connectivity index (χ2n) is 4.78. The molecular weight excluding hydrogens is 173 g/mol. The van der Waals surface area contributed by atoms with Gasteiger partial charge < -0.3 is 9.96 Å². The molecule has 14 heavy (non-hydrogen) atoms. The van der Waals surface area contributed by atoms with Crippen molar-refractivity contribution in [3.63, 3.8) is 0 Å². The van der Waals surface area contributed by atoms with Crippen LogP contribution in [0.2, 0.25) is 6.82 Å². The van der Waals surface area contributed by atoms with E-state index in [0.717, 1.165) is 31.9 Å². The lowest BCUT2D eigenvalue weighted by Crippen LogP contribution is -2.31. The monoisotopic (exact) mass is 198 g/mol. The van der Waals surface area contributed by atoms with Crippen molar-refractivity contribution in [1.82, 2.24) is 5.23 Å². The van der Waals surface area contributed by atoms with E-state index in [9.17, 15) is 0 Å². The van der Waals surface area contributed by atoms with E-state index in [1.165, 1.54) is 0 Å². The number of hydrogen-bond acceptors (Lipinski definition) is 2. The molecule has 0 saturated heterocycles. The summed E-state index contributed by atoms with van der Waals surface area (Å²) in [6.45, 7) is 12.6. The molecule has 83 valence electrons. The third kappa shape index (κ3) is 8.58. The third-order valence-corrected chi connectivity index (χ3v) is 2.26. The van der Waals surface area contributed by atoms with Gasteiger partial charge in [-0.1, -0.05) is 20.7 Å². The van der Waals surface area contributed by atoms with Crippen molar-refractivity contribution in [2.75, 3.05) is 13.2 Å². The van der Waals surface area contributed by atoms with Crippen molar-refractivity contribution in [3.05, 3.63) is 0 Å². The van der Waals surface area contributed by atoms with E-state index in [2.05, 4.69) is 32.9 Å². The maximum absolute atomic E-state index is 5.83. The van der Waals surface area contributed by atoms with Crippen LogP contribution in [0.15, 0.2) is 0 Å². The van der Waals surface area contributed by atoms with E-state index >= 15 is 0 Å². The smallest absolute Gasteiger partial charge is 0.201 e. The molecule has 0 heterocycles. The van der Waals surface area contributed by atoms with Gasteiger partial charge in [0, 0.05) is 6.61 Å². The highest BCUT2D eigenvalue weighted by molar-refractivity contribution is 6.29. The van der Waals surface area contributed by atoms with Gasteiger partial charge >= 0.3 is 0 Å². The molecule has 3 heteroatoms. The maximum Gasteiger partial charge on any atom is 0.201 e. The first-order valence-electron chi connectivity index (χ1n) is 5.63. The van der Waals surface area contributed by atoms with Crippen molar-refractivity contribution in [2.24, 2.45) is 5.92 Å². The molecule has 0 aromatic rings. The van der Waals surface area contributed by atoms with Crippen LogP contribution in [-0.4, -0.2) is 26.2 Å². The molecular formula is C11H25BNO. The minimum Gasteiger partial charge on any atom is -0.376 e. The van der Waals surface area contributed by atoms with Crippen LogP contribution in [0, 0.1) is 5.92 Å². The van der Waals surface area contributed by atoms with Crippen LogP contribution in [0.1, 0.15) is 40.5 Å². The molecule has 0 amide bonds. The Labute approximate surface area is 90.1 Å². The standard InChI is InChI=1S/C11H25BNO/c1-10(2)6-9-14-11(3,4)7-8-13-12-5/h10,13H,6-9H2,1-5H3. The first kappa shape index (κ1) is 14.0. The summed E-state index contributed by atoms with van der Waals surface area (Å²) in [4.78, 5) is 0. The fourth-order valence-electron chi connectivity index (χ4n) is 1.16. The molecule has 0 bridgehead atoms. The summed E-state index contributed by atoms with van der Waals surface area (Å²) in [5.41, 5.74) is 0.00486. The predicted molar refractivity (Wildman–Crippen MR) is 63.7 cm³/mol. The molecule has 0 rings (SSSR count). The highest BCUT2D eigenvalue weighted by atomic mass is 16.5. The van der Waals surface area contributed by atoms with Gasteiger partial charge in [0.2, 0.25) is 7.41 Å². The number of rotatable bonds is 8. The normalized spacial score (nSPS) is 12.1. The van der Waals surface area contributed by atoms with Gasteiger partial charge in [0.05, 0.1) is 5.60 Å². The quantitative estimate of drug-likeness (QED) is 0.477. The molecule has 0 atom stereocenters. The Kier molecular flexibility index (Phi) is 7.29. The molecule has 1 radical (unpaired) electrons. The summed E-state index contributed by atoms with van der Waals surface area (Å²) < 4.78 is 5.83. The molecule has 0 unspecified atom stereocenters. The van der Waals surface area contributed by atoms with Gasteiger partial charge in [-0.05, 0) is 39.2 Å².